The minimum absolute atomic E-state index is 0.266. The van der Waals surface area contributed by atoms with E-state index in [1.807, 2.05) is 30.5 Å². The molecule has 1 atom stereocenters. The van der Waals surface area contributed by atoms with Gasteiger partial charge in [-0.2, -0.15) is 5.26 Å². The lowest BCUT2D eigenvalue weighted by atomic mass is 10.2. The van der Waals surface area contributed by atoms with Gasteiger partial charge in [0.25, 0.3) is 0 Å². The van der Waals surface area contributed by atoms with Crippen LogP contribution in [0.1, 0.15) is 22.2 Å². The molecule has 2 heterocycles. The zero-order chi connectivity index (χ0) is 14.7. The van der Waals surface area contributed by atoms with Gasteiger partial charge >= 0.3 is 0 Å². The number of hydrogen-bond acceptors (Lipinski definition) is 6. The first kappa shape index (κ1) is 13.6. The van der Waals surface area contributed by atoms with Crippen molar-refractivity contribution in [3.05, 3.63) is 39.8 Å². The van der Waals surface area contributed by atoms with Crippen LogP contribution < -0.4 is 9.47 Å². The van der Waals surface area contributed by atoms with Crippen molar-refractivity contribution in [1.82, 2.24) is 4.98 Å². The molecule has 0 amide bonds. The lowest BCUT2D eigenvalue weighted by molar-refractivity contribution is 0.174. The number of benzene rings is 1. The normalized spacial score (nSPS) is 14.3. The smallest absolute Gasteiger partial charge is 0.231 e. The molecule has 3 rings (SSSR count). The van der Waals surface area contributed by atoms with Crippen molar-refractivity contribution < 1.29 is 9.47 Å². The van der Waals surface area contributed by atoms with E-state index in [4.69, 9.17) is 9.47 Å². The largest absolute Gasteiger partial charge is 0.454 e. The first-order valence-corrected chi connectivity index (χ1v) is 7.34. The molecule has 106 valence electrons. The molecule has 0 unspecified atom stereocenters. The quantitative estimate of drug-likeness (QED) is 0.814. The highest BCUT2D eigenvalue weighted by molar-refractivity contribution is 7.09. The van der Waals surface area contributed by atoms with Crippen LogP contribution in [0, 0.1) is 18.3 Å². The van der Waals surface area contributed by atoms with Gasteiger partial charge in [-0.15, -0.1) is 11.3 Å². The highest BCUT2D eigenvalue weighted by atomic mass is 32.1. The van der Waals surface area contributed by atoms with Crippen molar-refractivity contribution in [2.45, 2.75) is 19.4 Å². The summed E-state index contributed by atoms with van der Waals surface area (Å²) in [5.41, 5.74) is 1.95. The van der Waals surface area contributed by atoms with Gasteiger partial charge in [0.05, 0.1) is 12.6 Å². The second-order valence-electron chi connectivity index (χ2n) is 4.61. The second kappa shape index (κ2) is 5.94. The molecule has 21 heavy (non-hydrogen) atoms. The molecule has 0 saturated carbocycles. The number of fused-ring (bicyclic) bond motifs is 1. The van der Waals surface area contributed by atoms with E-state index in [0.29, 0.717) is 6.54 Å². The number of ether oxygens (including phenoxy) is 2. The number of aryl methyl sites for hydroxylation is 1. The lowest BCUT2D eigenvalue weighted by Gasteiger charge is -2.01. The summed E-state index contributed by atoms with van der Waals surface area (Å²) in [6, 6.07) is 7.94. The maximum Gasteiger partial charge on any atom is 0.231 e. The average Bonchev–Trinajstić information content (AvgIpc) is 3.12. The molecule has 1 aromatic heterocycles. The Bertz CT molecular complexity index is 718. The lowest BCUT2D eigenvalue weighted by Crippen LogP contribution is -1.97. The van der Waals surface area contributed by atoms with Crippen molar-refractivity contribution in [2.24, 2.45) is 4.99 Å². The standard InChI is InChI=1S/C15H13N3O2S/c1-10-8-21-15(18-10)12(5-16)7-17-6-11-2-3-13-14(4-11)20-9-19-13/h2-4,7-8,12H,6,9H2,1H3/t12-/m0/s1. The van der Waals surface area contributed by atoms with Crippen LogP contribution in [0.2, 0.25) is 0 Å². The highest BCUT2D eigenvalue weighted by Gasteiger charge is 2.13. The van der Waals surface area contributed by atoms with Gasteiger partial charge in [-0.05, 0) is 24.6 Å². The second-order valence-corrected chi connectivity index (χ2v) is 5.50. The number of aliphatic imine (C=N–C) groups is 1. The molecule has 0 fully saturated rings. The van der Waals surface area contributed by atoms with Crippen LogP contribution in [0.4, 0.5) is 0 Å². The zero-order valence-electron chi connectivity index (χ0n) is 11.4. The van der Waals surface area contributed by atoms with Gasteiger partial charge in [-0.25, -0.2) is 4.98 Å². The Morgan fingerprint density at radius 1 is 1.48 bits per heavy atom. The fourth-order valence-electron chi connectivity index (χ4n) is 1.97. The Balaban J connectivity index is 1.67. The third-order valence-corrected chi connectivity index (χ3v) is 4.05. The van der Waals surface area contributed by atoms with E-state index < -0.39 is 5.92 Å². The van der Waals surface area contributed by atoms with Crippen molar-refractivity contribution >= 4 is 17.6 Å². The predicted octanol–water partition coefficient (Wildman–Crippen LogP) is 3.06. The van der Waals surface area contributed by atoms with Gasteiger partial charge in [-0.3, -0.25) is 4.99 Å². The molecule has 2 aromatic rings. The van der Waals surface area contributed by atoms with Crippen LogP contribution in [0.3, 0.4) is 0 Å². The fourth-order valence-corrected chi connectivity index (χ4v) is 2.77. The van der Waals surface area contributed by atoms with Gasteiger partial charge in [0.1, 0.15) is 10.9 Å². The Hall–Kier alpha value is -2.39. The third kappa shape index (κ3) is 3.03. The Morgan fingerprint density at radius 2 is 2.33 bits per heavy atom. The molecule has 1 aliphatic heterocycles. The van der Waals surface area contributed by atoms with Crippen LogP contribution in [0.5, 0.6) is 11.5 Å². The maximum absolute atomic E-state index is 9.20. The third-order valence-electron chi connectivity index (χ3n) is 3.01. The fraction of sp³-hybridized carbons (Fsp3) is 0.267. The SMILES string of the molecule is Cc1csc([C@@H](C#N)C=NCc2ccc3c(c2)OCO3)n1. The summed E-state index contributed by atoms with van der Waals surface area (Å²) >= 11 is 1.48. The molecular formula is C15H13N3O2S. The minimum atomic E-state index is -0.391. The molecule has 0 spiro atoms. The zero-order valence-corrected chi connectivity index (χ0v) is 12.3. The highest BCUT2D eigenvalue weighted by Crippen LogP contribution is 2.32. The summed E-state index contributed by atoms with van der Waals surface area (Å²) in [6.45, 7) is 2.68. The molecule has 5 nitrogen and oxygen atoms in total. The molecule has 0 aliphatic carbocycles. The summed E-state index contributed by atoms with van der Waals surface area (Å²) < 4.78 is 10.6. The van der Waals surface area contributed by atoms with Crippen LogP contribution in [0.25, 0.3) is 0 Å². The predicted molar refractivity (Wildman–Crippen MR) is 80.0 cm³/mol. The molecule has 1 aromatic carbocycles. The minimum Gasteiger partial charge on any atom is -0.454 e. The molecular weight excluding hydrogens is 286 g/mol. The number of nitrogens with zero attached hydrogens (tertiary/aromatic N) is 3. The van der Waals surface area contributed by atoms with Crippen molar-refractivity contribution in [3.63, 3.8) is 0 Å². The van der Waals surface area contributed by atoms with E-state index in [-0.39, 0.29) is 6.79 Å². The van der Waals surface area contributed by atoms with Gasteiger partial charge in [0.15, 0.2) is 11.5 Å². The number of thiazole rings is 1. The summed E-state index contributed by atoms with van der Waals surface area (Å²) in [5, 5.41) is 11.9. The molecule has 0 N–H and O–H groups in total. The van der Waals surface area contributed by atoms with Crippen LogP contribution in [-0.2, 0) is 6.54 Å². The number of aromatic nitrogens is 1. The molecule has 0 bridgehead atoms. The number of nitriles is 1. The van der Waals surface area contributed by atoms with E-state index in [0.717, 1.165) is 27.8 Å². The van der Waals surface area contributed by atoms with E-state index in [2.05, 4.69) is 16.0 Å². The Morgan fingerprint density at radius 3 is 3.10 bits per heavy atom. The summed E-state index contributed by atoms with van der Waals surface area (Å²) in [4.78, 5) is 8.67. The topological polar surface area (TPSA) is 67.5 Å². The maximum atomic E-state index is 9.20. The Kier molecular flexibility index (Phi) is 3.84. The Labute approximate surface area is 126 Å². The first-order valence-electron chi connectivity index (χ1n) is 6.46. The van der Waals surface area contributed by atoms with E-state index in [1.165, 1.54) is 11.3 Å². The summed E-state index contributed by atoms with van der Waals surface area (Å²) in [6.07, 6.45) is 1.66. The number of hydrogen-bond donors (Lipinski definition) is 0. The van der Waals surface area contributed by atoms with Crippen LogP contribution in [0.15, 0.2) is 28.6 Å². The monoisotopic (exact) mass is 299 g/mol. The molecule has 6 heteroatoms. The molecule has 0 radical (unpaired) electrons. The van der Waals surface area contributed by atoms with Crippen molar-refractivity contribution in [1.29, 1.82) is 5.26 Å². The molecule has 0 saturated heterocycles. The van der Waals surface area contributed by atoms with Gasteiger partial charge in [-0.1, -0.05) is 6.07 Å². The van der Waals surface area contributed by atoms with Crippen molar-refractivity contribution in [3.8, 4) is 17.6 Å². The first-order chi connectivity index (χ1) is 10.3. The van der Waals surface area contributed by atoms with Crippen LogP contribution in [-0.4, -0.2) is 18.0 Å². The summed E-state index contributed by atoms with van der Waals surface area (Å²) in [7, 11) is 0. The average molecular weight is 299 g/mol. The van der Waals surface area contributed by atoms with E-state index in [1.54, 1.807) is 6.21 Å². The van der Waals surface area contributed by atoms with E-state index >= 15 is 0 Å². The molecule has 1 aliphatic rings. The van der Waals surface area contributed by atoms with Gasteiger partial charge in [0.2, 0.25) is 6.79 Å². The van der Waals surface area contributed by atoms with E-state index in [9.17, 15) is 5.26 Å². The van der Waals surface area contributed by atoms with Gasteiger partial charge in [0, 0.05) is 17.3 Å². The van der Waals surface area contributed by atoms with Crippen LogP contribution >= 0.6 is 11.3 Å². The number of rotatable bonds is 4. The van der Waals surface area contributed by atoms with Gasteiger partial charge < -0.3 is 9.47 Å². The summed E-state index contributed by atoms with van der Waals surface area (Å²) in [5.74, 6) is 1.11. The van der Waals surface area contributed by atoms with Crippen molar-refractivity contribution in [2.75, 3.05) is 6.79 Å².